The van der Waals surface area contributed by atoms with Crippen molar-refractivity contribution in [3.63, 3.8) is 0 Å². The molecule has 1 unspecified atom stereocenters. The Labute approximate surface area is 114 Å². The standard InChI is InChI=1S/C15H22N2O2/c1-10-5-4-7-17(8-6-10)14-13(15(18)19)11(2)9-12(3)16-14/h9-10H,4-8H2,1-3H3,(H,18,19). The summed E-state index contributed by atoms with van der Waals surface area (Å²) in [6.07, 6.45) is 3.42. The van der Waals surface area contributed by atoms with Crippen LogP contribution < -0.4 is 4.90 Å². The number of carbonyl (C=O) groups is 1. The Morgan fingerprint density at radius 2 is 2.11 bits per heavy atom. The van der Waals surface area contributed by atoms with Gasteiger partial charge in [-0.15, -0.1) is 0 Å². The van der Waals surface area contributed by atoms with Crippen molar-refractivity contribution >= 4 is 11.8 Å². The first-order valence-corrected chi connectivity index (χ1v) is 6.95. The van der Waals surface area contributed by atoms with E-state index in [1.54, 1.807) is 0 Å². The molecule has 2 rings (SSSR count). The van der Waals surface area contributed by atoms with E-state index >= 15 is 0 Å². The number of hydrogen-bond donors (Lipinski definition) is 1. The van der Waals surface area contributed by atoms with Crippen LogP contribution in [0.1, 0.15) is 47.8 Å². The number of carboxylic acid groups (broad SMARTS) is 1. The van der Waals surface area contributed by atoms with Crippen molar-refractivity contribution in [1.82, 2.24) is 4.98 Å². The van der Waals surface area contributed by atoms with Crippen LogP contribution in [0.15, 0.2) is 6.07 Å². The first kappa shape index (κ1) is 13.8. The fraction of sp³-hybridized carbons (Fsp3) is 0.600. The Hall–Kier alpha value is -1.58. The lowest BCUT2D eigenvalue weighted by atomic mass is 10.0. The van der Waals surface area contributed by atoms with Crippen molar-refractivity contribution < 1.29 is 9.90 Å². The second-order valence-electron chi connectivity index (χ2n) is 5.61. The molecule has 4 heteroatoms. The van der Waals surface area contributed by atoms with Crippen molar-refractivity contribution in [1.29, 1.82) is 0 Å². The number of aryl methyl sites for hydroxylation is 2. The molecule has 1 atom stereocenters. The summed E-state index contributed by atoms with van der Waals surface area (Å²) < 4.78 is 0. The Kier molecular flexibility index (Phi) is 4.08. The summed E-state index contributed by atoms with van der Waals surface area (Å²) in [4.78, 5) is 18.1. The molecular formula is C15H22N2O2. The lowest BCUT2D eigenvalue weighted by Gasteiger charge is -2.24. The topological polar surface area (TPSA) is 53.4 Å². The summed E-state index contributed by atoms with van der Waals surface area (Å²) in [6.45, 7) is 7.83. The molecule has 0 spiro atoms. The first-order chi connectivity index (χ1) is 8.99. The second-order valence-corrected chi connectivity index (χ2v) is 5.61. The SMILES string of the molecule is Cc1cc(C)c(C(=O)O)c(N2CCCC(C)CC2)n1. The van der Waals surface area contributed by atoms with Crippen LogP contribution in [0.3, 0.4) is 0 Å². The van der Waals surface area contributed by atoms with Crippen LogP contribution in [0.4, 0.5) is 5.82 Å². The lowest BCUT2D eigenvalue weighted by Crippen LogP contribution is -2.28. The number of rotatable bonds is 2. The largest absolute Gasteiger partial charge is 0.478 e. The second kappa shape index (κ2) is 5.59. The number of aromatic nitrogens is 1. The number of hydrogen-bond acceptors (Lipinski definition) is 3. The molecule has 0 bridgehead atoms. The molecule has 19 heavy (non-hydrogen) atoms. The zero-order valence-corrected chi connectivity index (χ0v) is 11.9. The molecule has 1 aliphatic heterocycles. The molecule has 0 amide bonds. The zero-order chi connectivity index (χ0) is 14.0. The van der Waals surface area contributed by atoms with Crippen molar-refractivity contribution in [3.05, 3.63) is 22.9 Å². The van der Waals surface area contributed by atoms with Crippen LogP contribution in [0, 0.1) is 19.8 Å². The lowest BCUT2D eigenvalue weighted by molar-refractivity contribution is 0.0696. The van der Waals surface area contributed by atoms with E-state index in [9.17, 15) is 9.90 Å². The zero-order valence-electron chi connectivity index (χ0n) is 11.9. The molecule has 0 saturated carbocycles. The van der Waals surface area contributed by atoms with Gasteiger partial charge >= 0.3 is 5.97 Å². The normalized spacial score (nSPS) is 20.2. The van der Waals surface area contributed by atoms with Crippen LogP contribution in [-0.2, 0) is 0 Å². The average Bonchev–Trinajstić information content (AvgIpc) is 2.52. The summed E-state index contributed by atoms with van der Waals surface area (Å²) in [6, 6.07) is 1.84. The third-order valence-electron chi connectivity index (χ3n) is 3.86. The average molecular weight is 262 g/mol. The minimum atomic E-state index is -0.878. The Morgan fingerprint density at radius 3 is 2.79 bits per heavy atom. The van der Waals surface area contributed by atoms with E-state index in [0.29, 0.717) is 17.3 Å². The maximum Gasteiger partial charge on any atom is 0.339 e. The van der Waals surface area contributed by atoms with E-state index in [1.165, 1.54) is 6.42 Å². The highest BCUT2D eigenvalue weighted by molar-refractivity contribution is 5.95. The monoisotopic (exact) mass is 262 g/mol. The van der Waals surface area contributed by atoms with Crippen molar-refractivity contribution in [2.24, 2.45) is 5.92 Å². The van der Waals surface area contributed by atoms with Gasteiger partial charge in [0.15, 0.2) is 0 Å². The minimum Gasteiger partial charge on any atom is -0.478 e. The molecule has 1 fully saturated rings. The summed E-state index contributed by atoms with van der Waals surface area (Å²) in [5, 5.41) is 9.42. The van der Waals surface area contributed by atoms with Gasteiger partial charge in [0, 0.05) is 18.8 Å². The van der Waals surface area contributed by atoms with Gasteiger partial charge in [-0.05, 0) is 50.7 Å². The number of pyridine rings is 1. The van der Waals surface area contributed by atoms with E-state index in [2.05, 4.69) is 16.8 Å². The fourth-order valence-corrected chi connectivity index (χ4v) is 2.78. The van der Waals surface area contributed by atoms with E-state index in [4.69, 9.17) is 0 Å². The summed E-state index contributed by atoms with van der Waals surface area (Å²) in [7, 11) is 0. The molecule has 0 radical (unpaired) electrons. The summed E-state index contributed by atoms with van der Waals surface area (Å²) in [5.74, 6) is 0.487. The maximum atomic E-state index is 11.5. The molecule has 0 aromatic carbocycles. The van der Waals surface area contributed by atoms with E-state index in [-0.39, 0.29) is 0 Å². The number of aromatic carboxylic acids is 1. The van der Waals surface area contributed by atoms with Gasteiger partial charge in [0.05, 0.1) is 0 Å². The van der Waals surface area contributed by atoms with Gasteiger partial charge in [-0.3, -0.25) is 0 Å². The van der Waals surface area contributed by atoms with Crippen LogP contribution in [0.5, 0.6) is 0 Å². The molecule has 4 nitrogen and oxygen atoms in total. The van der Waals surface area contributed by atoms with E-state index in [1.807, 2.05) is 19.9 Å². The first-order valence-electron chi connectivity index (χ1n) is 6.95. The highest BCUT2D eigenvalue weighted by Crippen LogP contribution is 2.26. The van der Waals surface area contributed by atoms with Gasteiger partial charge in [0.2, 0.25) is 0 Å². The molecule has 1 aliphatic rings. The van der Waals surface area contributed by atoms with E-state index < -0.39 is 5.97 Å². The van der Waals surface area contributed by atoms with Gasteiger partial charge in [-0.2, -0.15) is 0 Å². The van der Waals surface area contributed by atoms with Gasteiger partial charge < -0.3 is 10.0 Å². The van der Waals surface area contributed by atoms with Crippen molar-refractivity contribution in [3.8, 4) is 0 Å². The Bertz CT molecular complexity index is 485. The summed E-state index contributed by atoms with van der Waals surface area (Å²) >= 11 is 0. The van der Waals surface area contributed by atoms with E-state index in [0.717, 1.165) is 37.2 Å². The third-order valence-corrected chi connectivity index (χ3v) is 3.86. The minimum absolute atomic E-state index is 0.361. The highest BCUT2D eigenvalue weighted by Gasteiger charge is 2.22. The van der Waals surface area contributed by atoms with Gasteiger partial charge in [-0.25, -0.2) is 9.78 Å². The number of nitrogens with zero attached hydrogens (tertiary/aromatic N) is 2. The third kappa shape index (κ3) is 3.06. The smallest absolute Gasteiger partial charge is 0.339 e. The van der Waals surface area contributed by atoms with Crippen LogP contribution in [0.2, 0.25) is 0 Å². The van der Waals surface area contributed by atoms with Gasteiger partial charge in [0.1, 0.15) is 11.4 Å². The number of carboxylic acids is 1. The van der Waals surface area contributed by atoms with Crippen molar-refractivity contribution in [2.45, 2.75) is 40.0 Å². The molecule has 2 heterocycles. The molecular weight excluding hydrogens is 240 g/mol. The highest BCUT2D eigenvalue weighted by atomic mass is 16.4. The van der Waals surface area contributed by atoms with Gasteiger partial charge in [-0.1, -0.05) is 6.92 Å². The molecule has 1 aromatic rings. The predicted octanol–water partition coefficient (Wildman–Crippen LogP) is 3.02. The molecule has 1 aromatic heterocycles. The number of anilines is 1. The van der Waals surface area contributed by atoms with Crippen LogP contribution in [0.25, 0.3) is 0 Å². The molecule has 0 aliphatic carbocycles. The Morgan fingerprint density at radius 1 is 1.37 bits per heavy atom. The maximum absolute atomic E-state index is 11.5. The fourth-order valence-electron chi connectivity index (χ4n) is 2.78. The quantitative estimate of drug-likeness (QED) is 0.890. The summed E-state index contributed by atoms with van der Waals surface area (Å²) in [5.41, 5.74) is 2.04. The van der Waals surface area contributed by atoms with Crippen molar-refractivity contribution in [2.75, 3.05) is 18.0 Å². The molecule has 1 N–H and O–H groups in total. The molecule has 104 valence electrons. The van der Waals surface area contributed by atoms with Crippen LogP contribution >= 0.6 is 0 Å². The predicted molar refractivity (Wildman–Crippen MR) is 75.9 cm³/mol. The molecule has 1 saturated heterocycles. The van der Waals surface area contributed by atoms with Gasteiger partial charge in [0.25, 0.3) is 0 Å². The van der Waals surface area contributed by atoms with Crippen LogP contribution in [-0.4, -0.2) is 29.1 Å². The Balaban J connectivity index is 2.39.